The molecule has 0 unspecified atom stereocenters. The average molecular weight is 165 g/mol. The van der Waals surface area contributed by atoms with Gasteiger partial charge >= 0.3 is 6.03 Å². The van der Waals surface area contributed by atoms with Crippen molar-refractivity contribution in [2.75, 3.05) is 12.4 Å². The van der Waals surface area contributed by atoms with Gasteiger partial charge in [-0.25, -0.2) is 10.5 Å². The fourth-order valence-electron chi connectivity index (χ4n) is 0.805. The Balaban J connectivity index is 2.71. The van der Waals surface area contributed by atoms with E-state index in [9.17, 15) is 4.79 Å². The fraction of sp³-hybridized carbons (Fsp3) is 0.125. The number of methoxy groups -OCH3 is 1. The number of hydrogen-bond acceptors (Lipinski definition) is 2. The molecule has 12 heavy (non-hydrogen) atoms. The molecule has 0 aliphatic heterocycles. The molecule has 4 heteroatoms. The van der Waals surface area contributed by atoms with Gasteiger partial charge in [0.15, 0.2) is 0 Å². The Kier molecular flexibility index (Phi) is 2.53. The smallest absolute Gasteiger partial charge is 0.337 e. The van der Waals surface area contributed by atoms with Gasteiger partial charge in [0.25, 0.3) is 0 Å². The van der Waals surface area contributed by atoms with Crippen LogP contribution in [0.3, 0.4) is 0 Å². The van der Waals surface area contributed by atoms with Crippen LogP contribution in [0.5, 0.6) is 5.75 Å². The van der Waals surface area contributed by atoms with E-state index in [0.29, 0.717) is 5.69 Å². The standard InChI is InChI=1S/C8H9N2O2/c1-12-7-4-2-6(3-5-7)10-8(9)11/h2-5,9H,1H3,(H,10,11). The molecule has 1 rings (SSSR count). The number of carbonyl (C=O) groups is 1. The fourth-order valence-corrected chi connectivity index (χ4v) is 0.805. The summed E-state index contributed by atoms with van der Waals surface area (Å²) >= 11 is 0. The summed E-state index contributed by atoms with van der Waals surface area (Å²) in [5.74, 6) is 0.720. The Morgan fingerprint density at radius 2 is 2.00 bits per heavy atom. The molecule has 0 spiro atoms. The van der Waals surface area contributed by atoms with E-state index in [1.165, 1.54) is 0 Å². The van der Waals surface area contributed by atoms with E-state index in [4.69, 9.17) is 10.5 Å². The average Bonchev–Trinajstić information content (AvgIpc) is 2.05. The summed E-state index contributed by atoms with van der Waals surface area (Å²) in [6.07, 6.45) is 0. The minimum atomic E-state index is -0.819. The normalized spacial score (nSPS) is 9.08. The molecule has 0 fully saturated rings. The van der Waals surface area contributed by atoms with Crippen LogP contribution in [0.15, 0.2) is 24.3 Å². The Bertz CT molecular complexity index is 269. The second-order valence-electron chi connectivity index (χ2n) is 2.18. The van der Waals surface area contributed by atoms with Crippen LogP contribution in [-0.4, -0.2) is 13.1 Å². The molecule has 0 aliphatic carbocycles. The zero-order valence-corrected chi connectivity index (χ0v) is 6.63. The van der Waals surface area contributed by atoms with Gasteiger partial charge in [0.2, 0.25) is 0 Å². The van der Waals surface area contributed by atoms with Gasteiger partial charge in [0.05, 0.1) is 7.11 Å². The molecular weight excluding hydrogens is 156 g/mol. The van der Waals surface area contributed by atoms with Crippen molar-refractivity contribution in [2.24, 2.45) is 0 Å². The third-order valence-corrected chi connectivity index (χ3v) is 1.35. The van der Waals surface area contributed by atoms with Crippen molar-refractivity contribution >= 4 is 11.7 Å². The van der Waals surface area contributed by atoms with E-state index >= 15 is 0 Å². The molecule has 0 bridgehead atoms. The Hall–Kier alpha value is -1.71. The largest absolute Gasteiger partial charge is 0.497 e. The van der Waals surface area contributed by atoms with Crippen LogP contribution in [0.1, 0.15) is 0 Å². The van der Waals surface area contributed by atoms with E-state index in [-0.39, 0.29) is 0 Å². The highest BCUT2D eigenvalue weighted by atomic mass is 16.5. The number of anilines is 1. The molecule has 2 N–H and O–H groups in total. The third kappa shape index (κ3) is 2.16. The summed E-state index contributed by atoms with van der Waals surface area (Å²) in [6.45, 7) is 0. The number of ether oxygens (including phenoxy) is 1. The molecule has 1 aromatic carbocycles. The van der Waals surface area contributed by atoms with E-state index in [1.54, 1.807) is 31.4 Å². The molecular formula is C8H9N2O2. The first-order valence-corrected chi connectivity index (χ1v) is 3.39. The van der Waals surface area contributed by atoms with E-state index in [0.717, 1.165) is 5.75 Å². The topological polar surface area (TPSA) is 62.1 Å². The number of rotatable bonds is 2. The zero-order valence-electron chi connectivity index (χ0n) is 6.63. The van der Waals surface area contributed by atoms with Crippen LogP contribution in [0, 0.1) is 0 Å². The molecule has 1 radical (unpaired) electrons. The number of amides is 2. The van der Waals surface area contributed by atoms with Crippen molar-refractivity contribution < 1.29 is 9.53 Å². The SMILES string of the molecule is COc1ccc(NC([NH])=O)cc1. The number of urea groups is 1. The van der Waals surface area contributed by atoms with E-state index in [2.05, 4.69) is 5.32 Å². The molecule has 0 atom stereocenters. The number of benzene rings is 1. The Morgan fingerprint density at radius 1 is 1.42 bits per heavy atom. The maximum atomic E-state index is 10.3. The Labute approximate surface area is 70.3 Å². The summed E-state index contributed by atoms with van der Waals surface area (Å²) in [5.41, 5.74) is 7.23. The molecule has 1 aromatic rings. The highest BCUT2D eigenvalue weighted by molar-refractivity contribution is 5.87. The molecule has 2 amide bonds. The molecule has 0 heterocycles. The van der Waals surface area contributed by atoms with Crippen molar-refractivity contribution in [1.82, 2.24) is 5.73 Å². The summed E-state index contributed by atoms with van der Waals surface area (Å²) < 4.78 is 4.91. The zero-order chi connectivity index (χ0) is 8.97. The van der Waals surface area contributed by atoms with Gasteiger partial charge in [-0.2, -0.15) is 0 Å². The Morgan fingerprint density at radius 3 is 2.42 bits per heavy atom. The number of hydrogen-bond donors (Lipinski definition) is 1. The van der Waals surface area contributed by atoms with Crippen molar-refractivity contribution in [2.45, 2.75) is 0 Å². The quantitative estimate of drug-likeness (QED) is 0.721. The minimum Gasteiger partial charge on any atom is -0.497 e. The van der Waals surface area contributed by atoms with Crippen molar-refractivity contribution in [3.63, 3.8) is 0 Å². The molecule has 0 saturated carbocycles. The first-order valence-electron chi connectivity index (χ1n) is 3.39. The molecule has 0 aromatic heterocycles. The van der Waals surface area contributed by atoms with Gasteiger partial charge in [-0.3, -0.25) is 0 Å². The lowest BCUT2D eigenvalue weighted by molar-refractivity contribution is 0.258. The lowest BCUT2D eigenvalue weighted by Crippen LogP contribution is -2.08. The maximum Gasteiger partial charge on any atom is 0.337 e. The van der Waals surface area contributed by atoms with Crippen molar-refractivity contribution in [1.29, 1.82) is 0 Å². The van der Waals surface area contributed by atoms with Crippen LogP contribution < -0.4 is 15.8 Å². The van der Waals surface area contributed by atoms with Crippen LogP contribution in [-0.2, 0) is 0 Å². The van der Waals surface area contributed by atoms with Crippen molar-refractivity contribution in [3.05, 3.63) is 24.3 Å². The number of nitrogens with one attached hydrogen (secondary N) is 2. The lowest BCUT2D eigenvalue weighted by atomic mass is 10.3. The van der Waals surface area contributed by atoms with Gasteiger partial charge in [-0.15, -0.1) is 0 Å². The van der Waals surface area contributed by atoms with Crippen molar-refractivity contribution in [3.8, 4) is 5.75 Å². The first-order chi connectivity index (χ1) is 5.72. The third-order valence-electron chi connectivity index (χ3n) is 1.35. The highest BCUT2D eigenvalue weighted by Crippen LogP contribution is 2.14. The van der Waals surface area contributed by atoms with Crippen LogP contribution in [0.25, 0.3) is 0 Å². The molecule has 0 saturated heterocycles. The van der Waals surface area contributed by atoms with Crippen LogP contribution >= 0.6 is 0 Å². The predicted molar refractivity (Wildman–Crippen MR) is 45.1 cm³/mol. The van der Waals surface area contributed by atoms with Gasteiger partial charge in [0, 0.05) is 5.69 Å². The molecule has 0 aliphatic rings. The highest BCUT2D eigenvalue weighted by Gasteiger charge is 1.95. The van der Waals surface area contributed by atoms with Gasteiger partial charge in [-0.05, 0) is 24.3 Å². The lowest BCUT2D eigenvalue weighted by Gasteiger charge is -2.02. The predicted octanol–water partition coefficient (Wildman–Crippen LogP) is 1.51. The van der Waals surface area contributed by atoms with Gasteiger partial charge < -0.3 is 10.1 Å². The van der Waals surface area contributed by atoms with Crippen LogP contribution in [0.2, 0.25) is 0 Å². The number of carbonyl (C=O) groups excluding carboxylic acids is 1. The van der Waals surface area contributed by atoms with Crippen LogP contribution in [0.4, 0.5) is 10.5 Å². The van der Waals surface area contributed by atoms with E-state index < -0.39 is 6.03 Å². The first kappa shape index (κ1) is 8.39. The minimum absolute atomic E-state index is 0.593. The van der Waals surface area contributed by atoms with Gasteiger partial charge in [-0.1, -0.05) is 0 Å². The summed E-state index contributed by atoms with van der Waals surface area (Å²) in [7, 11) is 1.57. The van der Waals surface area contributed by atoms with Gasteiger partial charge in [0.1, 0.15) is 5.75 Å². The summed E-state index contributed by atoms with van der Waals surface area (Å²) in [5, 5.41) is 2.33. The van der Waals surface area contributed by atoms with E-state index in [1.807, 2.05) is 0 Å². The molecule has 63 valence electrons. The molecule has 4 nitrogen and oxygen atoms in total. The second-order valence-corrected chi connectivity index (χ2v) is 2.18. The summed E-state index contributed by atoms with van der Waals surface area (Å²) in [4.78, 5) is 10.3. The maximum absolute atomic E-state index is 10.3. The summed E-state index contributed by atoms with van der Waals surface area (Å²) in [6, 6.07) is 5.95. The second kappa shape index (κ2) is 3.61. The monoisotopic (exact) mass is 165 g/mol.